The minimum atomic E-state index is -1.25. The number of carboxylic acid groups (broad SMARTS) is 2. The first-order valence-electron chi connectivity index (χ1n) is 9.16. The van der Waals surface area contributed by atoms with E-state index in [4.69, 9.17) is 14.9 Å². The lowest BCUT2D eigenvalue weighted by molar-refractivity contribution is -0.136. The molecular weight excluding hydrogens is 406 g/mol. The van der Waals surface area contributed by atoms with E-state index in [2.05, 4.69) is 15.6 Å². The molecule has 2 aromatic carbocycles. The molecule has 0 aliphatic rings. The Morgan fingerprint density at radius 2 is 1.61 bits per heavy atom. The summed E-state index contributed by atoms with van der Waals surface area (Å²) in [7, 11) is 0. The highest BCUT2D eigenvalue weighted by Crippen LogP contribution is 2.33. The number of amides is 1. The molecule has 160 valence electrons. The van der Waals surface area contributed by atoms with Gasteiger partial charge in [-0.15, -0.1) is 0 Å². The number of carbonyl (C=O) groups excluding carboxylic acids is 1. The van der Waals surface area contributed by atoms with Gasteiger partial charge in [-0.05, 0) is 30.3 Å². The maximum atomic E-state index is 12.3. The molecule has 0 bridgehead atoms. The number of nitrogens with one attached hydrogen (secondary N) is 2. The summed E-state index contributed by atoms with van der Waals surface area (Å²) >= 11 is 0. The number of aromatic hydroxyl groups is 1. The van der Waals surface area contributed by atoms with Gasteiger partial charge >= 0.3 is 11.9 Å². The van der Waals surface area contributed by atoms with Gasteiger partial charge < -0.3 is 30.7 Å². The fraction of sp³-hybridized carbons (Fsp3) is 0.143. The Morgan fingerprint density at radius 3 is 2.29 bits per heavy atom. The predicted molar refractivity (Wildman–Crippen MR) is 109 cm³/mol. The Morgan fingerprint density at radius 1 is 0.903 bits per heavy atom. The molecule has 0 fully saturated rings. The molecule has 10 heteroatoms. The van der Waals surface area contributed by atoms with Gasteiger partial charge in [0.15, 0.2) is 11.4 Å². The maximum Gasteiger partial charge on any atom is 0.322 e. The fourth-order valence-electron chi connectivity index (χ4n) is 2.85. The van der Waals surface area contributed by atoms with Crippen LogP contribution in [0.1, 0.15) is 16.2 Å². The second-order valence-corrected chi connectivity index (χ2v) is 6.45. The molecule has 0 radical (unpaired) electrons. The molecule has 1 aromatic heterocycles. The Kier molecular flexibility index (Phi) is 6.63. The highest BCUT2D eigenvalue weighted by molar-refractivity contribution is 6.03. The van der Waals surface area contributed by atoms with E-state index in [1.165, 1.54) is 0 Å². The minimum Gasteiger partial charge on any atom is -0.505 e. The molecule has 5 N–H and O–H groups in total. The molecule has 1 heterocycles. The van der Waals surface area contributed by atoms with Crippen LogP contribution in [0.2, 0.25) is 0 Å². The summed E-state index contributed by atoms with van der Waals surface area (Å²) in [5, 5.41) is 33.7. The van der Waals surface area contributed by atoms with E-state index in [0.717, 1.165) is 0 Å². The molecule has 31 heavy (non-hydrogen) atoms. The third-order valence-corrected chi connectivity index (χ3v) is 4.19. The number of carboxylic acids is 2. The van der Waals surface area contributed by atoms with Gasteiger partial charge in [0.05, 0.1) is 12.2 Å². The Labute approximate surface area is 176 Å². The van der Waals surface area contributed by atoms with Crippen LogP contribution in [-0.4, -0.2) is 51.2 Å². The highest BCUT2D eigenvalue weighted by Gasteiger charge is 2.20. The summed E-state index contributed by atoms with van der Waals surface area (Å²) < 4.78 is 5.80. The van der Waals surface area contributed by atoms with E-state index in [-0.39, 0.29) is 29.9 Å². The molecule has 3 aromatic rings. The van der Waals surface area contributed by atoms with Crippen LogP contribution in [0.4, 0.5) is 0 Å². The number of rotatable bonds is 9. The third kappa shape index (κ3) is 5.46. The van der Waals surface area contributed by atoms with E-state index in [1.807, 2.05) is 18.2 Å². The van der Waals surface area contributed by atoms with Gasteiger partial charge in [-0.2, -0.15) is 0 Å². The molecule has 0 aliphatic carbocycles. The predicted octanol–water partition coefficient (Wildman–Crippen LogP) is 1.72. The molecule has 0 saturated carbocycles. The summed E-state index contributed by atoms with van der Waals surface area (Å²) in [5.41, 5.74) is -0.0781. The Balaban J connectivity index is 2.02. The summed E-state index contributed by atoms with van der Waals surface area (Å²) in [6, 6.07) is 13.8. The monoisotopic (exact) mass is 425 g/mol. The van der Waals surface area contributed by atoms with Crippen molar-refractivity contribution in [1.82, 2.24) is 15.6 Å². The average Bonchev–Trinajstić information content (AvgIpc) is 2.74. The van der Waals surface area contributed by atoms with Crippen LogP contribution in [0, 0.1) is 0 Å². The van der Waals surface area contributed by atoms with Crippen molar-refractivity contribution in [3.63, 3.8) is 0 Å². The lowest BCUT2D eigenvalue weighted by atomic mass is 10.1. The number of fused-ring (bicyclic) bond motifs is 1. The number of hydrogen-bond acceptors (Lipinski definition) is 7. The van der Waals surface area contributed by atoms with Crippen molar-refractivity contribution in [3.8, 4) is 17.2 Å². The van der Waals surface area contributed by atoms with Crippen LogP contribution in [0.25, 0.3) is 10.8 Å². The molecule has 0 aliphatic heterocycles. The topological polar surface area (TPSA) is 158 Å². The Hall–Kier alpha value is -4.18. The largest absolute Gasteiger partial charge is 0.505 e. The van der Waals surface area contributed by atoms with Crippen molar-refractivity contribution < 1.29 is 34.4 Å². The van der Waals surface area contributed by atoms with Crippen molar-refractivity contribution in [2.24, 2.45) is 0 Å². The minimum absolute atomic E-state index is 0.0168. The van der Waals surface area contributed by atoms with Gasteiger partial charge in [0.25, 0.3) is 5.91 Å². The summed E-state index contributed by atoms with van der Waals surface area (Å²) in [6.07, 6.45) is 0. The van der Waals surface area contributed by atoms with Crippen LogP contribution in [0.15, 0.2) is 48.5 Å². The van der Waals surface area contributed by atoms with Gasteiger partial charge in [-0.1, -0.05) is 18.2 Å². The number of para-hydroxylation sites is 1. The fourth-order valence-corrected chi connectivity index (χ4v) is 2.85. The standard InChI is InChI=1S/C21H19N3O7/c25-17(26)10-22-9-16-15-8-13(31-12-4-2-1-3-5-12)6-7-14(15)20(29)19(24-16)21(30)23-11-18(27)28/h1-8,22,29H,9-11H2,(H,23,30)(H,25,26)(H,27,28). The number of carbonyl (C=O) groups is 3. The molecule has 1 amide bonds. The molecule has 10 nitrogen and oxygen atoms in total. The zero-order valence-corrected chi connectivity index (χ0v) is 16.2. The first kappa shape index (κ1) is 21.5. The Bertz CT molecular complexity index is 1130. The number of pyridine rings is 1. The molecule has 0 saturated heterocycles. The van der Waals surface area contributed by atoms with Crippen LogP contribution >= 0.6 is 0 Å². The summed E-state index contributed by atoms with van der Waals surface area (Å²) in [5.74, 6) is -2.58. The smallest absolute Gasteiger partial charge is 0.322 e. The van der Waals surface area contributed by atoms with E-state index < -0.39 is 30.1 Å². The van der Waals surface area contributed by atoms with Crippen LogP contribution in [0.3, 0.4) is 0 Å². The molecule has 0 unspecified atom stereocenters. The normalized spacial score (nSPS) is 10.6. The van der Waals surface area contributed by atoms with Crippen molar-refractivity contribution in [2.45, 2.75) is 6.54 Å². The van der Waals surface area contributed by atoms with Gasteiger partial charge in [0.1, 0.15) is 18.0 Å². The van der Waals surface area contributed by atoms with Crippen molar-refractivity contribution >= 4 is 28.6 Å². The maximum absolute atomic E-state index is 12.3. The first-order chi connectivity index (χ1) is 14.8. The third-order valence-electron chi connectivity index (χ3n) is 4.19. The van der Waals surface area contributed by atoms with E-state index in [1.54, 1.807) is 30.3 Å². The number of hydrogen-bond donors (Lipinski definition) is 5. The number of ether oxygens (including phenoxy) is 1. The van der Waals surface area contributed by atoms with Crippen LogP contribution in [0.5, 0.6) is 17.2 Å². The molecule has 0 spiro atoms. The van der Waals surface area contributed by atoms with E-state index in [0.29, 0.717) is 16.9 Å². The van der Waals surface area contributed by atoms with Crippen molar-refractivity contribution in [2.75, 3.05) is 13.1 Å². The van der Waals surface area contributed by atoms with Gasteiger partial charge in [-0.25, -0.2) is 4.98 Å². The van der Waals surface area contributed by atoms with Gasteiger partial charge in [-0.3, -0.25) is 14.4 Å². The first-order valence-corrected chi connectivity index (χ1v) is 9.16. The molecular formula is C21H19N3O7. The second-order valence-electron chi connectivity index (χ2n) is 6.45. The highest BCUT2D eigenvalue weighted by atomic mass is 16.5. The number of aromatic nitrogens is 1. The van der Waals surface area contributed by atoms with E-state index >= 15 is 0 Å². The van der Waals surface area contributed by atoms with Crippen LogP contribution < -0.4 is 15.4 Å². The zero-order chi connectivity index (χ0) is 22.4. The van der Waals surface area contributed by atoms with Crippen molar-refractivity contribution in [1.29, 1.82) is 0 Å². The van der Waals surface area contributed by atoms with Gasteiger partial charge in [0, 0.05) is 17.3 Å². The van der Waals surface area contributed by atoms with E-state index in [9.17, 15) is 19.5 Å². The molecule has 0 atom stereocenters. The summed E-state index contributed by atoms with van der Waals surface area (Å²) in [4.78, 5) is 38.0. The quantitative estimate of drug-likeness (QED) is 0.344. The van der Waals surface area contributed by atoms with Crippen molar-refractivity contribution in [3.05, 3.63) is 59.9 Å². The lowest BCUT2D eigenvalue weighted by Gasteiger charge is -2.14. The SMILES string of the molecule is O=C(O)CNCc1nc(C(=O)NCC(=O)O)c(O)c2ccc(Oc3ccccc3)cc12. The average molecular weight is 425 g/mol. The van der Waals surface area contributed by atoms with Gasteiger partial charge in [0.2, 0.25) is 0 Å². The number of nitrogens with zero attached hydrogens (tertiary/aromatic N) is 1. The molecule has 3 rings (SSSR count). The number of benzene rings is 2. The second kappa shape index (κ2) is 9.55. The summed E-state index contributed by atoms with van der Waals surface area (Å²) in [6.45, 7) is -1.00. The lowest BCUT2D eigenvalue weighted by Crippen LogP contribution is -2.30. The zero-order valence-electron chi connectivity index (χ0n) is 16.2. The van der Waals surface area contributed by atoms with Crippen LogP contribution in [-0.2, 0) is 16.1 Å². The number of aliphatic carboxylic acids is 2.